The van der Waals surface area contributed by atoms with Gasteiger partial charge in [0.15, 0.2) is 0 Å². The summed E-state index contributed by atoms with van der Waals surface area (Å²) in [6, 6.07) is 14.4. The minimum absolute atomic E-state index is 0.0000227. The molecule has 0 aliphatic carbocycles. The fourth-order valence-electron chi connectivity index (χ4n) is 1.78. The van der Waals surface area contributed by atoms with Crippen molar-refractivity contribution in [2.75, 3.05) is 0 Å². The van der Waals surface area contributed by atoms with Gasteiger partial charge in [-0.05, 0) is 47.9 Å². The molecule has 0 radical (unpaired) electrons. The van der Waals surface area contributed by atoms with Crippen LogP contribution in [0.25, 0.3) is 0 Å². The normalized spacial score (nSPS) is 12.4. The highest BCUT2D eigenvalue weighted by Crippen LogP contribution is 2.25. The van der Waals surface area contributed by atoms with Crippen LogP contribution in [0.3, 0.4) is 0 Å². The molecule has 1 nitrogen and oxygen atoms in total. The van der Waals surface area contributed by atoms with E-state index in [0.29, 0.717) is 0 Å². The van der Waals surface area contributed by atoms with Crippen molar-refractivity contribution in [1.82, 2.24) is 0 Å². The van der Waals surface area contributed by atoms with Gasteiger partial charge in [-0.1, -0.05) is 59.9 Å². The van der Waals surface area contributed by atoms with E-state index in [4.69, 9.17) is 5.73 Å². The molecule has 0 aliphatic rings. The SMILES string of the molecule is NC(Cc1ccc(Br)cc1)c1cc(Br)cc(Br)c1. The van der Waals surface area contributed by atoms with E-state index in [1.54, 1.807) is 0 Å². The molecule has 0 heterocycles. The topological polar surface area (TPSA) is 26.0 Å². The number of nitrogens with two attached hydrogens (primary N) is 1. The van der Waals surface area contributed by atoms with Gasteiger partial charge in [0.2, 0.25) is 0 Å². The van der Waals surface area contributed by atoms with Gasteiger partial charge in [0.1, 0.15) is 0 Å². The summed E-state index contributed by atoms with van der Waals surface area (Å²) in [6.07, 6.45) is 0.830. The molecule has 2 aromatic rings. The first-order valence-corrected chi connectivity index (χ1v) is 7.88. The highest BCUT2D eigenvalue weighted by atomic mass is 79.9. The molecule has 1 unspecified atom stereocenters. The second-order valence-electron chi connectivity index (χ2n) is 4.14. The summed E-state index contributed by atoms with van der Waals surface area (Å²) in [7, 11) is 0. The van der Waals surface area contributed by atoms with Crippen LogP contribution in [0, 0.1) is 0 Å². The van der Waals surface area contributed by atoms with Gasteiger partial charge >= 0.3 is 0 Å². The Hall–Kier alpha value is -0.160. The third-order valence-electron chi connectivity index (χ3n) is 2.68. The lowest BCUT2D eigenvalue weighted by atomic mass is 10.00. The van der Waals surface area contributed by atoms with Crippen LogP contribution in [0.1, 0.15) is 17.2 Å². The van der Waals surface area contributed by atoms with Gasteiger partial charge in [0.05, 0.1) is 0 Å². The summed E-state index contributed by atoms with van der Waals surface area (Å²) in [5.74, 6) is 0. The largest absolute Gasteiger partial charge is 0.324 e. The number of hydrogen-bond donors (Lipinski definition) is 1. The van der Waals surface area contributed by atoms with Crippen molar-refractivity contribution < 1.29 is 0 Å². The molecule has 0 aromatic heterocycles. The monoisotopic (exact) mass is 431 g/mol. The van der Waals surface area contributed by atoms with E-state index in [2.05, 4.69) is 72.1 Å². The van der Waals surface area contributed by atoms with Gasteiger partial charge in [-0.15, -0.1) is 0 Å². The predicted octanol–water partition coefficient (Wildman–Crippen LogP) is 5.22. The van der Waals surface area contributed by atoms with Crippen LogP contribution in [0.5, 0.6) is 0 Å². The third kappa shape index (κ3) is 3.92. The summed E-state index contributed by atoms with van der Waals surface area (Å²) in [6.45, 7) is 0. The summed E-state index contributed by atoms with van der Waals surface area (Å²) in [4.78, 5) is 0. The Morgan fingerprint density at radius 1 is 0.833 bits per heavy atom. The quantitative estimate of drug-likeness (QED) is 0.705. The van der Waals surface area contributed by atoms with Crippen LogP contribution in [0.2, 0.25) is 0 Å². The summed E-state index contributed by atoms with van der Waals surface area (Å²) in [5, 5.41) is 0. The van der Waals surface area contributed by atoms with Gasteiger partial charge in [-0.3, -0.25) is 0 Å². The lowest BCUT2D eigenvalue weighted by Gasteiger charge is -2.13. The molecular formula is C14H12Br3N. The summed E-state index contributed by atoms with van der Waals surface area (Å²) >= 11 is 10.4. The van der Waals surface area contributed by atoms with Gasteiger partial charge in [0, 0.05) is 19.5 Å². The first-order chi connectivity index (χ1) is 8.54. The van der Waals surface area contributed by atoms with Crippen molar-refractivity contribution in [1.29, 1.82) is 0 Å². The number of benzene rings is 2. The molecule has 0 bridgehead atoms. The van der Waals surface area contributed by atoms with Gasteiger partial charge < -0.3 is 5.73 Å². The molecule has 0 aliphatic heterocycles. The maximum absolute atomic E-state index is 6.25. The number of rotatable bonds is 3. The van der Waals surface area contributed by atoms with Crippen molar-refractivity contribution in [3.63, 3.8) is 0 Å². The van der Waals surface area contributed by atoms with E-state index in [0.717, 1.165) is 25.4 Å². The lowest BCUT2D eigenvalue weighted by Crippen LogP contribution is -2.13. The predicted molar refractivity (Wildman–Crippen MR) is 86.6 cm³/mol. The van der Waals surface area contributed by atoms with Crippen molar-refractivity contribution in [3.05, 3.63) is 67.0 Å². The fourth-order valence-corrected chi connectivity index (χ4v) is 3.37. The van der Waals surface area contributed by atoms with Crippen LogP contribution in [0.4, 0.5) is 0 Å². The van der Waals surface area contributed by atoms with Crippen molar-refractivity contribution in [2.45, 2.75) is 12.5 Å². The van der Waals surface area contributed by atoms with Crippen LogP contribution in [-0.4, -0.2) is 0 Å². The molecule has 0 amide bonds. The highest BCUT2D eigenvalue weighted by Gasteiger charge is 2.08. The minimum Gasteiger partial charge on any atom is -0.324 e. The highest BCUT2D eigenvalue weighted by molar-refractivity contribution is 9.11. The fraction of sp³-hybridized carbons (Fsp3) is 0.143. The lowest BCUT2D eigenvalue weighted by molar-refractivity contribution is 0.721. The van der Waals surface area contributed by atoms with E-state index in [9.17, 15) is 0 Å². The molecule has 0 saturated heterocycles. The summed E-state index contributed by atoms with van der Waals surface area (Å²) < 4.78 is 3.17. The molecule has 0 spiro atoms. The average Bonchev–Trinajstić information content (AvgIpc) is 2.31. The molecule has 2 aromatic carbocycles. The first-order valence-electron chi connectivity index (χ1n) is 5.50. The van der Waals surface area contributed by atoms with Gasteiger partial charge in [-0.2, -0.15) is 0 Å². The Kier molecular flexibility index (Phi) is 5.01. The maximum atomic E-state index is 6.25. The molecule has 0 fully saturated rings. The maximum Gasteiger partial charge on any atom is 0.0336 e. The minimum atomic E-state index is -0.0000227. The van der Waals surface area contributed by atoms with Crippen molar-refractivity contribution in [3.8, 4) is 0 Å². The van der Waals surface area contributed by atoms with Crippen LogP contribution in [-0.2, 0) is 6.42 Å². The second-order valence-corrected chi connectivity index (χ2v) is 6.89. The second kappa shape index (κ2) is 6.33. The van der Waals surface area contributed by atoms with E-state index in [1.165, 1.54) is 5.56 Å². The molecular weight excluding hydrogens is 422 g/mol. The first kappa shape index (κ1) is 14.3. The van der Waals surface area contributed by atoms with E-state index >= 15 is 0 Å². The Balaban J connectivity index is 2.16. The zero-order chi connectivity index (χ0) is 13.1. The van der Waals surface area contributed by atoms with Crippen LogP contribution in [0.15, 0.2) is 55.9 Å². The zero-order valence-corrected chi connectivity index (χ0v) is 14.3. The van der Waals surface area contributed by atoms with E-state index in [1.807, 2.05) is 18.2 Å². The van der Waals surface area contributed by atoms with E-state index < -0.39 is 0 Å². The average molecular weight is 434 g/mol. The Labute approximate surface area is 132 Å². The zero-order valence-electron chi connectivity index (χ0n) is 9.54. The van der Waals surface area contributed by atoms with Crippen LogP contribution < -0.4 is 5.73 Å². The van der Waals surface area contributed by atoms with Crippen molar-refractivity contribution in [2.24, 2.45) is 5.73 Å². The van der Waals surface area contributed by atoms with Crippen LogP contribution >= 0.6 is 47.8 Å². The molecule has 4 heteroatoms. The van der Waals surface area contributed by atoms with E-state index in [-0.39, 0.29) is 6.04 Å². The molecule has 94 valence electrons. The molecule has 0 saturated carbocycles. The Morgan fingerprint density at radius 2 is 1.39 bits per heavy atom. The van der Waals surface area contributed by atoms with Gasteiger partial charge in [0.25, 0.3) is 0 Å². The standard InChI is InChI=1S/C14H12Br3N/c15-11-3-1-9(2-4-11)5-14(18)10-6-12(16)8-13(17)7-10/h1-4,6-8,14H,5,18H2. The van der Waals surface area contributed by atoms with Crippen molar-refractivity contribution >= 4 is 47.8 Å². The smallest absolute Gasteiger partial charge is 0.0336 e. The molecule has 18 heavy (non-hydrogen) atoms. The third-order valence-corrected chi connectivity index (χ3v) is 4.13. The molecule has 2 N–H and O–H groups in total. The molecule has 2 rings (SSSR count). The summed E-state index contributed by atoms with van der Waals surface area (Å²) in [5.41, 5.74) is 8.61. The Morgan fingerprint density at radius 3 is 1.94 bits per heavy atom. The Bertz CT molecular complexity index is 517. The molecule has 1 atom stereocenters. The van der Waals surface area contributed by atoms with Gasteiger partial charge in [-0.25, -0.2) is 0 Å². The number of hydrogen-bond acceptors (Lipinski definition) is 1. The number of halogens is 3.